The normalized spacial score (nSPS) is 19.9. The molecule has 0 saturated carbocycles. The molecule has 0 aliphatic carbocycles. The lowest BCUT2D eigenvalue weighted by atomic mass is 10.1. The molecule has 2 saturated heterocycles. The van der Waals surface area contributed by atoms with Crippen LogP contribution in [0.2, 0.25) is 10.3 Å². The monoisotopic (exact) mass is 648 g/mol. The number of nitrogens with one attached hydrogen (secondary N) is 2. The number of hydrogen-bond acceptors (Lipinski definition) is 6. The van der Waals surface area contributed by atoms with Crippen LogP contribution in [0.1, 0.15) is 62.5 Å². The van der Waals surface area contributed by atoms with Gasteiger partial charge in [-0.1, -0.05) is 73.9 Å². The van der Waals surface area contributed by atoms with Gasteiger partial charge in [-0.05, 0) is 48.9 Å². The summed E-state index contributed by atoms with van der Waals surface area (Å²) < 4.78 is 0. The van der Waals surface area contributed by atoms with E-state index in [1.165, 1.54) is 0 Å². The molecule has 16 heteroatoms. The lowest BCUT2D eigenvalue weighted by Crippen LogP contribution is -2.37. The number of hydrogen-bond donors (Lipinski definition) is 2. The zero-order chi connectivity index (χ0) is 31.3. The number of unbranched alkanes of at least 4 members (excludes halogenated alkanes) is 7. The van der Waals surface area contributed by atoms with Gasteiger partial charge in [0.05, 0.1) is 12.1 Å². The van der Waals surface area contributed by atoms with Crippen LogP contribution in [0, 0.1) is 20.2 Å². The van der Waals surface area contributed by atoms with E-state index in [1.54, 1.807) is 24.5 Å². The van der Waals surface area contributed by atoms with Crippen molar-refractivity contribution in [1.29, 1.82) is 0 Å². The van der Waals surface area contributed by atoms with E-state index < -0.39 is 10.1 Å². The van der Waals surface area contributed by atoms with Crippen molar-refractivity contribution >= 4 is 35.1 Å². The van der Waals surface area contributed by atoms with Crippen LogP contribution >= 0.6 is 23.2 Å². The van der Waals surface area contributed by atoms with Crippen LogP contribution < -0.4 is 10.6 Å². The maximum atomic E-state index is 11.0. The second-order valence-electron chi connectivity index (χ2n) is 11.0. The molecule has 2 atom stereocenters. The second-order valence-corrected chi connectivity index (χ2v) is 11.8. The first-order valence-corrected chi connectivity index (χ1v) is 15.7. The van der Waals surface area contributed by atoms with Crippen molar-refractivity contribution in [3.05, 3.63) is 78.3 Å². The minimum absolute atomic E-state index is 0.0563. The first-order valence-electron chi connectivity index (χ1n) is 15.0. The lowest BCUT2D eigenvalue weighted by molar-refractivity contribution is -0.485. The van der Waals surface area contributed by atoms with E-state index in [4.69, 9.17) is 23.2 Å². The first kappa shape index (κ1) is 33.1. The number of nitrogens with zero attached hydrogens (tertiary/aromatic N) is 8. The van der Waals surface area contributed by atoms with E-state index in [2.05, 4.69) is 30.8 Å². The van der Waals surface area contributed by atoms with Gasteiger partial charge >= 0.3 is 0 Å². The van der Waals surface area contributed by atoms with Crippen LogP contribution in [0.4, 0.5) is 0 Å². The smallest absolute Gasteiger partial charge is 0.271 e. The highest BCUT2D eigenvalue weighted by molar-refractivity contribution is 6.29. The molecule has 2 aromatic heterocycles. The summed E-state index contributed by atoms with van der Waals surface area (Å²) in [7, 11) is 0. The zero-order valence-electron chi connectivity index (χ0n) is 24.5. The summed E-state index contributed by atoms with van der Waals surface area (Å²) in [6.07, 6.45) is 13.1. The average Bonchev–Trinajstić information content (AvgIpc) is 3.53. The molecule has 2 unspecified atom stereocenters. The third-order valence-corrected chi connectivity index (χ3v) is 8.29. The van der Waals surface area contributed by atoms with E-state index in [0.717, 1.165) is 62.5 Å². The quantitative estimate of drug-likeness (QED) is 0.109. The number of hydrazone groups is 2. The minimum Gasteiger partial charge on any atom is -0.349 e. The maximum Gasteiger partial charge on any atom is 0.271 e. The summed E-state index contributed by atoms with van der Waals surface area (Å²) in [6.45, 7) is 2.55. The van der Waals surface area contributed by atoms with Gasteiger partial charge in [0.25, 0.3) is 11.9 Å². The summed E-state index contributed by atoms with van der Waals surface area (Å²) in [4.78, 5) is 34.4. The molecule has 14 nitrogen and oxygen atoms in total. The highest BCUT2D eigenvalue weighted by Gasteiger charge is 2.32. The highest BCUT2D eigenvalue weighted by atomic mass is 35.5. The van der Waals surface area contributed by atoms with Crippen LogP contribution in [0.15, 0.2) is 46.9 Å². The van der Waals surface area contributed by atoms with E-state index in [1.807, 2.05) is 21.9 Å². The molecule has 4 heterocycles. The fourth-order valence-electron chi connectivity index (χ4n) is 5.69. The predicted molar refractivity (Wildman–Crippen MR) is 169 cm³/mol. The molecular formula is C28H38Cl2N10O4. The molecule has 0 spiro atoms. The molecule has 4 rings (SSSR count). The summed E-state index contributed by atoms with van der Waals surface area (Å²) in [5, 5.41) is 34.9. The van der Waals surface area contributed by atoms with Crippen molar-refractivity contribution in [2.75, 3.05) is 26.2 Å². The van der Waals surface area contributed by atoms with Crippen molar-refractivity contribution in [2.24, 2.45) is 10.2 Å². The Morgan fingerprint density at radius 2 is 1.09 bits per heavy atom. The molecular weight excluding hydrogens is 611 g/mol. The van der Waals surface area contributed by atoms with E-state index >= 15 is 0 Å². The molecule has 2 aliphatic heterocycles. The number of pyridine rings is 2. The van der Waals surface area contributed by atoms with Crippen molar-refractivity contribution in [2.45, 2.75) is 76.3 Å². The summed E-state index contributed by atoms with van der Waals surface area (Å²) >= 11 is 11.8. The van der Waals surface area contributed by atoms with Crippen LogP contribution in [0.3, 0.4) is 0 Å². The van der Waals surface area contributed by atoms with Crippen molar-refractivity contribution in [3.8, 4) is 0 Å². The van der Waals surface area contributed by atoms with Crippen molar-refractivity contribution in [3.63, 3.8) is 0 Å². The Labute approximate surface area is 266 Å². The fraction of sp³-hybridized carbons (Fsp3) is 0.571. The number of halogens is 2. The largest absolute Gasteiger partial charge is 0.349 e. The van der Waals surface area contributed by atoms with E-state index in [9.17, 15) is 20.2 Å². The Morgan fingerprint density at radius 3 is 1.43 bits per heavy atom. The minimum atomic E-state index is -0.658. The highest BCUT2D eigenvalue weighted by Crippen LogP contribution is 2.19. The lowest BCUT2D eigenvalue weighted by Gasteiger charge is -2.24. The molecule has 0 aromatic carbocycles. The number of nitro groups is 2. The Balaban J connectivity index is 1.14. The molecule has 2 aromatic rings. The zero-order valence-corrected chi connectivity index (χ0v) is 26.0. The molecule has 238 valence electrons. The van der Waals surface area contributed by atoms with Crippen LogP contribution in [-0.2, 0) is 12.8 Å². The number of guanidine groups is 2. The third kappa shape index (κ3) is 10.4. The van der Waals surface area contributed by atoms with Gasteiger partial charge in [-0.3, -0.25) is 0 Å². The van der Waals surface area contributed by atoms with Gasteiger partial charge in [-0.15, -0.1) is 0 Å². The Bertz CT molecular complexity index is 1200. The van der Waals surface area contributed by atoms with Crippen molar-refractivity contribution in [1.82, 2.24) is 30.4 Å². The molecule has 2 aliphatic rings. The Kier molecular flexibility index (Phi) is 12.7. The number of aromatic nitrogens is 2. The average molecular weight is 650 g/mol. The summed E-state index contributed by atoms with van der Waals surface area (Å²) in [5.74, 6) is 0.627. The van der Waals surface area contributed by atoms with Gasteiger partial charge in [0.15, 0.2) is 10.1 Å². The second kappa shape index (κ2) is 16.9. The van der Waals surface area contributed by atoms with Gasteiger partial charge in [-0.2, -0.15) is 0 Å². The van der Waals surface area contributed by atoms with E-state index in [0.29, 0.717) is 61.2 Å². The van der Waals surface area contributed by atoms with Crippen LogP contribution in [-0.4, -0.2) is 80.0 Å². The van der Waals surface area contributed by atoms with Gasteiger partial charge in [0, 0.05) is 38.6 Å². The first-order chi connectivity index (χ1) is 21.3. The maximum absolute atomic E-state index is 11.0. The molecule has 0 amide bonds. The van der Waals surface area contributed by atoms with E-state index in [-0.39, 0.29) is 12.1 Å². The molecule has 0 bridgehead atoms. The van der Waals surface area contributed by atoms with Gasteiger partial charge in [0.2, 0.25) is 0 Å². The standard InChI is InChI=1S/C28H38Cl2N10O4/c29-25-11-9-21(17-31-25)15-23-19-33-27(35-39(41)42)37(23)13-7-5-3-1-2-4-6-8-14-38-24(20-34-28(38)36-40(43)44)16-22-10-12-26(30)32-18-22/h9-12,17-18,23-24H,1-8,13-16,19-20H2,(H,33,35)(H,34,36). The predicted octanol–water partition coefficient (Wildman–Crippen LogP) is 4.33. The summed E-state index contributed by atoms with van der Waals surface area (Å²) in [5.41, 5.74) is 2.04. The van der Waals surface area contributed by atoms with Crippen molar-refractivity contribution < 1.29 is 10.1 Å². The molecule has 44 heavy (non-hydrogen) atoms. The fourth-order valence-corrected chi connectivity index (χ4v) is 5.92. The van der Waals surface area contributed by atoms with Gasteiger partial charge in [-0.25, -0.2) is 30.2 Å². The van der Waals surface area contributed by atoms with Crippen LogP contribution in [0.25, 0.3) is 0 Å². The molecule has 2 N–H and O–H groups in total. The van der Waals surface area contributed by atoms with Gasteiger partial charge in [0.1, 0.15) is 20.5 Å². The molecule has 0 radical (unpaired) electrons. The van der Waals surface area contributed by atoms with Crippen LogP contribution in [0.5, 0.6) is 0 Å². The summed E-state index contributed by atoms with van der Waals surface area (Å²) in [6, 6.07) is 7.46. The third-order valence-electron chi connectivity index (χ3n) is 7.84. The topological polar surface area (TPSA) is 167 Å². The molecule has 2 fully saturated rings. The number of rotatable bonds is 17. The SMILES string of the molecule is O=[N+]([O-])N=C1NCC(Cc2ccc(Cl)nc2)N1CCCCCCCCCCN1C(=N[N+](=O)[O-])NCC1Cc1ccc(Cl)nc1. The Morgan fingerprint density at radius 1 is 0.705 bits per heavy atom. The van der Waals surface area contributed by atoms with Gasteiger partial charge < -0.3 is 20.4 Å². The Hall–Kier alpha value is -3.78.